The van der Waals surface area contributed by atoms with Gasteiger partial charge in [0.25, 0.3) is 0 Å². The third kappa shape index (κ3) is 5.67. The molecule has 1 aromatic rings. The van der Waals surface area contributed by atoms with Crippen molar-refractivity contribution in [1.82, 2.24) is 0 Å². The van der Waals surface area contributed by atoms with Gasteiger partial charge < -0.3 is 9.16 Å². The van der Waals surface area contributed by atoms with E-state index in [2.05, 4.69) is 71.1 Å². The predicted molar refractivity (Wildman–Crippen MR) is 109 cm³/mol. The van der Waals surface area contributed by atoms with Crippen molar-refractivity contribution in [1.29, 1.82) is 0 Å². The molecule has 0 aromatic heterocycles. The SMILES string of the molecule is C[SiH](C)OC(C)(C1CCC(COCc2ccccc2)CC1)C(C)(C)C. The maximum absolute atomic E-state index is 6.62. The van der Waals surface area contributed by atoms with Gasteiger partial charge in [-0.25, -0.2) is 0 Å². The van der Waals surface area contributed by atoms with E-state index in [0.717, 1.165) is 13.2 Å². The van der Waals surface area contributed by atoms with Crippen molar-refractivity contribution < 1.29 is 9.16 Å². The van der Waals surface area contributed by atoms with Gasteiger partial charge in [0.1, 0.15) is 0 Å². The Bertz CT molecular complexity index is 501. The molecule has 1 aromatic carbocycles. The number of rotatable bonds is 7. The number of benzene rings is 1. The monoisotopic (exact) mass is 362 g/mol. The first-order valence-electron chi connectivity index (χ1n) is 10.0. The fourth-order valence-corrected chi connectivity index (χ4v) is 5.70. The van der Waals surface area contributed by atoms with Gasteiger partial charge >= 0.3 is 0 Å². The lowest BCUT2D eigenvalue weighted by molar-refractivity contribution is -0.0861. The van der Waals surface area contributed by atoms with Crippen LogP contribution in [-0.2, 0) is 15.8 Å². The van der Waals surface area contributed by atoms with E-state index >= 15 is 0 Å². The van der Waals surface area contributed by atoms with Crippen molar-refractivity contribution in [2.75, 3.05) is 6.61 Å². The summed E-state index contributed by atoms with van der Waals surface area (Å²) in [6.07, 6.45) is 5.09. The molecule has 1 aliphatic carbocycles. The van der Waals surface area contributed by atoms with Crippen LogP contribution in [0.3, 0.4) is 0 Å². The summed E-state index contributed by atoms with van der Waals surface area (Å²) in [5, 5.41) is 0. The molecule has 0 bridgehead atoms. The summed E-state index contributed by atoms with van der Waals surface area (Å²) in [6.45, 7) is 15.6. The molecule has 0 radical (unpaired) electrons. The largest absolute Gasteiger partial charge is 0.415 e. The molecular formula is C22H38O2Si. The van der Waals surface area contributed by atoms with Crippen molar-refractivity contribution in [2.45, 2.75) is 78.7 Å². The molecule has 1 unspecified atom stereocenters. The van der Waals surface area contributed by atoms with E-state index in [1.54, 1.807) is 0 Å². The second-order valence-corrected chi connectivity index (χ2v) is 11.6. The smallest absolute Gasteiger partial charge is 0.171 e. The van der Waals surface area contributed by atoms with Gasteiger partial charge in [0.2, 0.25) is 0 Å². The summed E-state index contributed by atoms with van der Waals surface area (Å²) in [5.74, 6) is 1.38. The maximum Gasteiger partial charge on any atom is 0.171 e. The van der Waals surface area contributed by atoms with Crippen LogP contribution in [-0.4, -0.2) is 21.2 Å². The Morgan fingerprint density at radius 3 is 2.08 bits per heavy atom. The van der Waals surface area contributed by atoms with Crippen LogP contribution >= 0.6 is 0 Å². The summed E-state index contributed by atoms with van der Waals surface area (Å²) in [7, 11) is -1.06. The van der Waals surface area contributed by atoms with Crippen molar-refractivity contribution in [3.8, 4) is 0 Å². The highest BCUT2D eigenvalue weighted by Gasteiger charge is 2.46. The summed E-state index contributed by atoms with van der Waals surface area (Å²) in [4.78, 5) is 0. The Morgan fingerprint density at radius 2 is 1.56 bits per heavy atom. The van der Waals surface area contributed by atoms with Crippen molar-refractivity contribution in [3.05, 3.63) is 35.9 Å². The van der Waals surface area contributed by atoms with Crippen LogP contribution in [0.5, 0.6) is 0 Å². The normalized spacial score (nSPS) is 24.3. The van der Waals surface area contributed by atoms with E-state index in [9.17, 15) is 0 Å². The fraction of sp³-hybridized carbons (Fsp3) is 0.727. The highest BCUT2D eigenvalue weighted by Crippen LogP contribution is 2.47. The van der Waals surface area contributed by atoms with Gasteiger partial charge in [-0.15, -0.1) is 0 Å². The second-order valence-electron chi connectivity index (χ2n) is 9.24. The van der Waals surface area contributed by atoms with E-state index in [1.165, 1.54) is 31.2 Å². The molecule has 0 amide bonds. The van der Waals surface area contributed by atoms with Crippen molar-refractivity contribution in [2.24, 2.45) is 17.3 Å². The minimum atomic E-state index is -1.06. The molecule has 1 fully saturated rings. The lowest BCUT2D eigenvalue weighted by atomic mass is 9.64. The zero-order chi connectivity index (χ0) is 18.5. The molecule has 2 nitrogen and oxygen atoms in total. The van der Waals surface area contributed by atoms with Crippen molar-refractivity contribution >= 4 is 9.04 Å². The molecule has 0 heterocycles. The van der Waals surface area contributed by atoms with Crippen LogP contribution in [0.4, 0.5) is 0 Å². The van der Waals surface area contributed by atoms with E-state index < -0.39 is 9.04 Å². The minimum Gasteiger partial charge on any atom is -0.415 e. The van der Waals surface area contributed by atoms with Gasteiger partial charge in [-0.05, 0) is 68.5 Å². The first-order chi connectivity index (χ1) is 11.7. The van der Waals surface area contributed by atoms with E-state index in [4.69, 9.17) is 9.16 Å². The van der Waals surface area contributed by atoms with E-state index in [0.29, 0.717) is 11.8 Å². The third-order valence-corrected chi connectivity index (χ3v) is 7.02. The highest BCUT2D eigenvalue weighted by molar-refractivity contribution is 6.48. The molecule has 0 spiro atoms. The molecule has 3 heteroatoms. The summed E-state index contributed by atoms with van der Waals surface area (Å²) >= 11 is 0. The third-order valence-electron chi connectivity index (χ3n) is 6.06. The molecule has 25 heavy (non-hydrogen) atoms. The molecule has 0 saturated heterocycles. The Kier molecular flexibility index (Phi) is 7.30. The van der Waals surface area contributed by atoms with Gasteiger partial charge in [-0.3, -0.25) is 0 Å². The average Bonchev–Trinajstić information content (AvgIpc) is 2.55. The Balaban J connectivity index is 1.83. The van der Waals surface area contributed by atoms with Gasteiger partial charge in [-0.2, -0.15) is 0 Å². The van der Waals surface area contributed by atoms with E-state index in [1.807, 2.05) is 0 Å². The van der Waals surface area contributed by atoms with Crippen LogP contribution < -0.4 is 0 Å². The van der Waals surface area contributed by atoms with Crippen LogP contribution in [0.25, 0.3) is 0 Å². The quantitative estimate of drug-likeness (QED) is 0.569. The van der Waals surface area contributed by atoms with Crippen LogP contribution in [0, 0.1) is 17.3 Å². The molecule has 1 saturated carbocycles. The average molecular weight is 363 g/mol. The molecule has 0 aliphatic heterocycles. The summed E-state index contributed by atoms with van der Waals surface area (Å²) < 4.78 is 12.6. The number of hydrogen-bond acceptors (Lipinski definition) is 2. The van der Waals surface area contributed by atoms with Crippen LogP contribution in [0.1, 0.15) is 58.9 Å². The molecule has 0 N–H and O–H groups in total. The number of hydrogen-bond donors (Lipinski definition) is 0. The van der Waals surface area contributed by atoms with E-state index in [-0.39, 0.29) is 11.0 Å². The van der Waals surface area contributed by atoms with Crippen LogP contribution in [0.15, 0.2) is 30.3 Å². The van der Waals surface area contributed by atoms with Gasteiger partial charge in [0, 0.05) is 6.61 Å². The minimum absolute atomic E-state index is 0.00323. The molecule has 142 valence electrons. The molecule has 1 atom stereocenters. The number of ether oxygens (including phenoxy) is 1. The molecular weight excluding hydrogens is 324 g/mol. The summed E-state index contributed by atoms with van der Waals surface area (Å²) in [5.41, 5.74) is 1.46. The molecule has 1 aliphatic rings. The lowest BCUT2D eigenvalue weighted by Crippen LogP contribution is -2.52. The highest BCUT2D eigenvalue weighted by atomic mass is 28.3. The second kappa shape index (κ2) is 8.83. The Hall–Kier alpha value is -0.643. The zero-order valence-corrected chi connectivity index (χ0v) is 18.3. The van der Waals surface area contributed by atoms with Crippen LogP contribution in [0.2, 0.25) is 13.1 Å². The predicted octanol–water partition coefficient (Wildman–Crippen LogP) is 5.81. The zero-order valence-electron chi connectivity index (χ0n) is 17.2. The Labute approximate surface area is 157 Å². The standard InChI is InChI=1S/C22H38O2Si/c1-21(2,3)22(4,24-25(5)6)20-14-12-19(13-15-20)17-23-16-18-10-8-7-9-11-18/h7-11,19-20,25H,12-17H2,1-6H3. The topological polar surface area (TPSA) is 18.5 Å². The van der Waals surface area contributed by atoms with Gasteiger partial charge in [0.05, 0.1) is 12.2 Å². The van der Waals surface area contributed by atoms with Crippen molar-refractivity contribution in [3.63, 3.8) is 0 Å². The maximum atomic E-state index is 6.62. The summed E-state index contributed by atoms with van der Waals surface area (Å²) in [6, 6.07) is 10.5. The fourth-order valence-electron chi connectivity index (χ4n) is 4.17. The first-order valence-corrected chi connectivity index (χ1v) is 12.8. The first kappa shape index (κ1) is 20.7. The molecule has 2 rings (SSSR count). The van der Waals surface area contributed by atoms with Gasteiger partial charge in [-0.1, -0.05) is 51.1 Å². The van der Waals surface area contributed by atoms with Gasteiger partial charge in [0.15, 0.2) is 9.04 Å². The lowest BCUT2D eigenvalue weighted by Gasteiger charge is -2.51. The Morgan fingerprint density at radius 1 is 0.960 bits per heavy atom.